The van der Waals surface area contributed by atoms with E-state index in [1.54, 1.807) is 6.20 Å². The summed E-state index contributed by atoms with van der Waals surface area (Å²) in [7, 11) is 1.87. The van der Waals surface area contributed by atoms with Gasteiger partial charge in [-0.25, -0.2) is 4.98 Å². The molecule has 0 bridgehead atoms. The van der Waals surface area contributed by atoms with Crippen LogP contribution >= 0.6 is 0 Å². The number of aromatic nitrogens is 1. The zero-order valence-corrected chi connectivity index (χ0v) is 10.9. The van der Waals surface area contributed by atoms with E-state index in [1.807, 2.05) is 20.0 Å². The Hall–Kier alpha value is -1.62. The summed E-state index contributed by atoms with van der Waals surface area (Å²) < 4.78 is 0. The molecular formula is C13H20N4O. The van der Waals surface area contributed by atoms with Gasteiger partial charge in [0.25, 0.3) is 0 Å². The monoisotopic (exact) mass is 248 g/mol. The van der Waals surface area contributed by atoms with Gasteiger partial charge >= 0.3 is 0 Å². The first-order valence-corrected chi connectivity index (χ1v) is 6.39. The van der Waals surface area contributed by atoms with Gasteiger partial charge in [0.15, 0.2) is 0 Å². The highest BCUT2D eigenvalue weighted by Crippen LogP contribution is 2.17. The number of nitrogens with zero attached hydrogens (tertiary/aromatic N) is 2. The molecule has 0 aromatic carbocycles. The number of rotatable bonds is 4. The number of carbonyl (C=O) groups is 1. The summed E-state index contributed by atoms with van der Waals surface area (Å²) in [5, 5.41) is 6.01. The van der Waals surface area contributed by atoms with Crippen LogP contribution in [-0.2, 0) is 11.3 Å². The lowest BCUT2D eigenvalue weighted by molar-refractivity contribution is -0.129. The maximum atomic E-state index is 11.8. The van der Waals surface area contributed by atoms with Gasteiger partial charge in [0.2, 0.25) is 5.91 Å². The van der Waals surface area contributed by atoms with Gasteiger partial charge in [-0.3, -0.25) is 9.69 Å². The standard InChI is InChI=1S/C13H20N4O/c1-3-11-13(18)16-7-8-17(11)9-10-5-4-6-15-12(10)14-2/h4-6,11H,3,7-9H2,1-2H3,(H,14,15)(H,16,18). The molecule has 1 unspecified atom stereocenters. The first-order valence-electron chi connectivity index (χ1n) is 6.39. The maximum absolute atomic E-state index is 11.8. The molecule has 0 saturated carbocycles. The molecule has 1 amide bonds. The third-order valence-corrected chi connectivity index (χ3v) is 3.33. The van der Waals surface area contributed by atoms with Gasteiger partial charge < -0.3 is 10.6 Å². The van der Waals surface area contributed by atoms with E-state index in [2.05, 4.69) is 26.6 Å². The van der Waals surface area contributed by atoms with E-state index in [9.17, 15) is 4.79 Å². The van der Waals surface area contributed by atoms with Crippen LogP contribution in [-0.4, -0.2) is 42.0 Å². The van der Waals surface area contributed by atoms with Gasteiger partial charge in [-0.2, -0.15) is 0 Å². The molecule has 1 saturated heterocycles. The van der Waals surface area contributed by atoms with Gasteiger partial charge in [-0.15, -0.1) is 0 Å². The van der Waals surface area contributed by atoms with Crippen LogP contribution < -0.4 is 10.6 Å². The van der Waals surface area contributed by atoms with E-state index < -0.39 is 0 Å². The highest BCUT2D eigenvalue weighted by atomic mass is 16.2. The molecule has 1 atom stereocenters. The number of piperazine rings is 1. The highest BCUT2D eigenvalue weighted by molar-refractivity contribution is 5.82. The lowest BCUT2D eigenvalue weighted by atomic mass is 10.1. The molecule has 1 aromatic heterocycles. The molecule has 18 heavy (non-hydrogen) atoms. The van der Waals surface area contributed by atoms with E-state index in [1.165, 1.54) is 0 Å². The van der Waals surface area contributed by atoms with Crippen molar-refractivity contribution in [1.82, 2.24) is 15.2 Å². The van der Waals surface area contributed by atoms with Crippen molar-refractivity contribution in [2.24, 2.45) is 0 Å². The third kappa shape index (κ3) is 2.61. The Morgan fingerprint density at radius 1 is 1.61 bits per heavy atom. The van der Waals surface area contributed by atoms with Crippen molar-refractivity contribution < 1.29 is 4.79 Å². The van der Waals surface area contributed by atoms with Crippen LogP contribution in [0.4, 0.5) is 5.82 Å². The molecule has 2 N–H and O–H groups in total. The lowest BCUT2D eigenvalue weighted by Gasteiger charge is -2.34. The van der Waals surface area contributed by atoms with Crippen LogP contribution in [0.2, 0.25) is 0 Å². The number of amides is 1. The van der Waals surface area contributed by atoms with E-state index in [0.29, 0.717) is 0 Å². The predicted octanol–water partition coefficient (Wildman–Crippen LogP) is 0.834. The number of pyridine rings is 1. The Labute approximate surface area is 108 Å². The van der Waals surface area contributed by atoms with Crippen molar-refractivity contribution in [2.75, 3.05) is 25.5 Å². The molecule has 0 spiro atoms. The van der Waals surface area contributed by atoms with Crippen molar-refractivity contribution in [3.05, 3.63) is 23.9 Å². The second-order valence-corrected chi connectivity index (χ2v) is 4.45. The van der Waals surface area contributed by atoms with Crippen LogP contribution in [0.1, 0.15) is 18.9 Å². The minimum Gasteiger partial charge on any atom is -0.373 e. The van der Waals surface area contributed by atoms with Gasteiger partial charge in [0, 0.05) is 38.4 Å². The van der Waals surface area contributed by atoms with Crippen LogP contribution in [0.15, 0.2) is 18.3 Å². The summed E-state index contributed by atoms with van der Waals surface area (Å²) >= 11 is 0. The molecular weight excluding hydrogens is 228 g/mol. The number of hydrogen-bond donors (Lipinski definition) is 2. The van der Waals surface area contributed by atoms with Crippen LogP contribution in [0.25, 0.3) is 0 Å². The molecule has 5 heteroatoms. The largest absolute Gasteiger partial charge is 0.373 e. The number of nitrogens with one attached hydrogen (secondary N) is 2. The molecule has 0 radical (unpaired) electrons. The highest BCUT2D eigenvalue weighted by Gasteiger charge is 2.28. The minimum atomic E-state index is -0.0244. The Kier molecular flexibility index (Phi) is 4.15. The minimum absolute atomic E-state index is 0.0244. The van der Waals surface area contributed by atoms with Crippen LogP contribution in [0, 0.1) is 0 Å². The quantitative estimate of drug-likeness (QED) is 0.829. The lowest BCUT2D eigenvalue weighted by Crippen LogP contribution is -2.54. The molecule has 1 aliphatic rings. The first kappa shape index (κ1) is 12.8. The Balaban J connectivity index is 2.14. The summed E-state index contributed by atoms with van der Waals surface area (Å²) in [6.07, 6.45) is 2.61. The average Bonchev–Trinajstić information content (AvgIpc) is 2.40. The zero-order chi connectivity index (χ0) is 13.0. The average molecular weight is 248 g/mol. The first-order chi connectivity index (χ1) is 8.76. The van der Waals surface area contributed by atoms with Gasteiger partial charge in [-0.1, -0.05) is 13.0 Å². The summed E-state index contributed by atoms with van der Waals surface area (Å²) in [6, 6.07) is 3.96. The molecule has 5 nitrogen and oxygen atoms in total. The summed E-state index contributed by atoms with van der Waals surface area (Å²) in [5.74, 6) is 1.02. The molecule has 1 aromatic rings. The van der Waals surface area contributed by atoms with Gasteiger partial charge in [-0.05, 0) is 12.5 Å². The molecule has 1 fully saturated rings. The molecule has 1 aliphatic heterocycles. The number of hydrogen-bond acceptors (Lipinski definition) is 4. The van der Waals surface area contributed by atoms with Crippen molar-refractivity contribution in [2.45, 2.75) is 25.9 Å². The second kappa shape index (κ2) is 5.82. The summed E-state index contributed by atoms with van der Waals surface area (Å²) in [6.45, 7) is 4.42. The van der Waals surface area contributed by atoms with Crippen molar-refractivity contribution >= 4 is 11.7 Å². The molecule has 0 aliphatic carbocycles. The van der Waals surface area contributed by atoms with E-state index in [-0.39, 0.29) is 11.9 Å². The Morgan fingerprint density at radius 3 is 3.17 bits per heavy atom. The third-order valence-electron chi connectivity index (χ3n) is 3.33. The smallest absolute Gasteiger partial charge is 0.237 e. The maximum Gasteiger partial charge on any atom is 0.237 e. The van der Waals surface area contributed by atoms with Crippen molar-refractivity contribution in [3.63, 3.8) is 0 Å². The van der Waals surface area contributed by atoms with Gasteiger partial charge in [0.1, 0.15) is 5.82 Å². The summed E-state index contributed by atoms with van der Waals surface area (Å²) in [5.41, 5.74) is 1.13. The van der Waals surface area contributed by atoms with Crippen LogP contribution in [0.5, 0.6) is 0 Å². The fourth-order valence-corrected chi connectivity index (χ4v) is 2.41. The van der Waals surface area contributed by atoms with Gasteiger partial charge in [0.05, 0.1) is 6.04 Å². The van der Waals surface area contributed by atoms with E-state index >= 15 is 0 Å². The van der Waals surface area contributed by atoms with Crippen molar-refractivity contribution in [1.29, 1.82) is 0 Å². The zero-order valence-electron chi connectivity index (χ0n) is 10.9. The summed E-state index contributed by atoms with van der Waals surface area (Å²) in [4.78, 5) is 18.3. The normalized spacial score (nSPS) is 20.6. The van der Waals surface area contributed by atoms with Crippen LogP contribution in [0.3, 0.4) is 0 Å². The molecule has 2 rings (SSSR count). The second-order valence-electron chi connectivity index (χ2n) is 4.45. The Morgan fingerprint density at radius 2 is 2.44 bits per heavy atom. The number of anilines is 1. The SMILES string of the molecule is CCC1C(=O)NCCN1Cc1cccnc1NC. The predicted molar refractivity (Wildman–Crippen MR) is 71.3 cm³/mol. The fourth-order valence-electron chi connectivity index (χ4n) is 2.41. The van der Waals surface area contributed by atoms with E-state index in [0.717, 1.165) is 37.4 Å². The molecule has 2 heterocycles. The van der Waals surface area contributed by atoms with E-state index in [4.69, 9.17) is 0 Å². The fraction of sp³-hybridized carbons (Fsp3) is 0.538. The van der Waals surface area contributed by atoms with Crippen molar-refractivity contribution in [3.8, 4) is 0 Å². The number of carbonyl (C=O) groups excluding carboxylic acids is 1. The topological polar surface area (TPSA) is 57.3 Å². The Bertz CT molecular complexity index is 421. The molecule has 98 valence electrons.